The van der Waals surface area contributed by atoms with Gasteiger partial charge in [0, 0.05) is 11.4 Å². The minimum Gasteiger partial charge on any atom is -0.481 e. The van der Waals surface area contributed by atoms with Gasteiger partial charge in [-0.1, -0.05) is 35.3 Å². The zero-order valence-electron chi connectivity index (χ0n) is 9.75. The normalized spacial score (nSPS) is 12.1. The van der Waals surface area contributed by atoms with E-state index in [9.17, 15) is 9.90 Å². The number of nitrogens with zero attached hydrogens (tertiary/aromatic N) is 2. The predicted molar refractivity (Wildman–Crippen MR) is 72.6 cm³/mol. The Morgan fingerprint density at radius 1 is 1.26 bits per heavy atom. The number of aliphatic carboxylic acids is 1. The Morgan fingerprint density at radius 2 is 2.05 bits per heavy atom. The topological polar surface area (TPSA) is 63.1 Å². The summed E-state index contributed by atoms with van der Waals surface area (Å²) < 4.78 is 0. The van der Waals surface area contributed by atoms with Crippen molar-refractivity contribution in [3.05, 3.63) is 58.1 Å². The number of hydrogen-bond donors (Lipinski definition) is 1. The average molecular weight is 297 g/mol. The summed E-state index contributed by atoms with van der Waals surface area (Å²) in [5.74, 6) is -1.65. The molecule has 0 spiro atoms. The van der Waals surface area contributed by atoms with Gasteiger partial charge < -0.3 is 5.11 Å². The number of hydrogen-bond acceptors (Lipinski definition) is 3. The Labute approximate surface area is 120 Å². The van der Waals surface area contributed by atoms with Crippen molar-refractivity contribution in [3.63, 3.8) is 0 Å². The molecule has 1 unspecified atom stereocenters. The smallest absolute Gasteiger partial charge is 0.311 e. The largest absolute Gasteiger partial charge is 0.481 e. The van der Waals surface area contributed by atoms with Crippen LogP contribution >= 0.6 is 23.2 Å². The molecule has 2 rings (SSSR count). The van der Waals surface area contributed by atoms with Crippen LogP contribution in [0.15, 0.2) is 36.7 Å². The molecular weight excluding hydrogens is 287 g/mol. The molecule has 1 aromatic heterocycles. The second-order valence-corrected chi connectivity index (χ2v) is 4.80. The van der Waals surface area contributed by atoms with Crippen molar-refractivity contribution in [1.29, 1.82) is 0 Å². The summed E-state index contributed by atoms with van der Waals surface area (Å²) in [4.78, 5) is 19.3. The van der Waals surface area contributed by atoms with Gasteiger partial charge in [-0.25, -0.2) is 4.98 Å². The lowest BCUT2D eigenvalue weighted by atomic mass is 9.94. The summed E-state index contributed by atoms with van der Waals surface area (Å²) in [7, 11) is 0. The van der Waals surface area contributed by atoms with Gasteiger partial charge in [0.2, 0.25) is 0 Å². The van der Waals surface area contributed by atoms with Crippen LogP contribution < -0.4 is 0 Å². The number of carbonyl (C=O) groups is 1. The van der Waals surface area contributed by atoms with Gasteiger partial charge in [-0.05, 0) is 17.7 Å². The molecule has 0 fully saturated rings. The average Bonchev–Trinajstić information content (AvgIpc) is 2.37. The number of halogens is 2. The first-order chi connectivity index (χ1) is 9.06. The Balaban J connectivity index is 2.26. The molecule has 98 valence electrons. The number of aromatic nitrogens is 2. The molecule has 0 amide bonds. The Morgan fingerprint density at radius 3 is 2.63 bits per heavy atom. The molecule has 0 aliphatic carbocycles. The first kappa shape index (κ1) is 13.8. The molecule has 1 heterocycles. The van der Waals surface area contributed by atoms with Gasteiger partial charge in [0.05, 0.1) is 24.0 Å². The van der Waals surface area contributed by atoms with E-state index >= 15 is 0 Å². The van der Waals surface area contributed by atoms with E-state index in [4.69, 9.17) is 23.2 Å². The van der Waals surface area contributed by atoms with E-state index in [-0.39, 0.29) is 11.6 Å². The maximum Gasteiger partial charge on any atom is 0.311 e. The molecule has 0 aliphatic heterocycles. The van der Waals surface area contributed by atoms with E-state index in [1.807, 2.05) is 0 Å². The lowest BCUT2D eigenvalue weighted by molar-refractivity contribution is -0.138. The number of benzene rings is 1. The van der Waals surface area contributed by atoms with Crippen LogP contribution in [0.2, 0.25) is 10.2 Å². The summed E-state index contributed by atoms with van der Waals surface area (Å²) in [5, 5.41) is 10.1. The molecule has 2 aromatic rings. The molecule has 0 bridgehead atoms. The Kier molecular flexibility index (Phi) is 4.35. The van der Waals surface area contributed by atoms with Gasteiger partial charge in [0.1, 0.15) is 5.15 Å². The van der Waals surface area contributed by atoms with Gasteiger partial charge in [0.25, 0.3) is 0 Å². The van der Waals surface area contributed by atoms with E-state index in [0.717, 1.165) is 0 Å². The highest BCUT2D eigenvalue weighted by Gasteiger charge is 2.21. The van der Waals surface area contributed by atoms with Crippen molar-refractivity contribution < 1.29 is 9.90 Å². The molecular formula is C13H10Cl2N2O2. The summed E-state index contributed by atoms with van der Waals surface area (Å²) in [6, 6.07) is 6.80. The Hall–Kier alpha value is -1.65. The highest BCUT2D eigenvalue weighted by molar-refractivity contribution is 6.30. The number of rotatable bonds is 4. The molecule has 1 atom stereocenters. The fourth-order valence-corrected chi connectivity index (χ4v) is 2.02. The van der Waals surface area contributed by atoms with Crippen molar-refractivity contribution in [2.75, 3.05) is 0 Å². The van der Waals surface area contributed by atoms with Gasteiger partial charge in [-0.15, -0.1) is 0 Å². The van der Waals surface area contributed by atoms with Gasteiger partial charge in [-0.3, -0.25) is 9.78 Å². The maximum absolute atomic E-state index is 11.4. The minimum atomic E-state index is -0.931. The van der Waals surface area contributed by atoms with Crippen molar-refractivity contribution in [2.24, 2.45) is 0 Å². The number of carboxylic acid groups (broad SMARTS) is 1. The highest BCUT2D eigenvalue weighted by Crippen LogP contribution is 2.23. The van der Waals surface area contributed by atoms with Crippen molar-refractivity contribution in [1.82, 2.24) is 9.97 Å². The fraction of sp³-hybridized carbons (Fsp3) is 0.154. The van der Waals surface area contributed by atoms with Gasteiger partial charge in [0.15, 0.2) is 0 Å². The van der Waals surface area contributed by atoms with E-state index in [1.165, 1.54) is 12.4 Å². The summed E-state index contributed by atoms with van der Waals surface area (Å²) in [6.07, 6.45) is 3.11. The molecule has 1 aromatic carbocycles. The van der Waals surface area contributed by atoms with Crippen molar-refractivity contribution in [2.45, 2.75) is 12.3 Å². The first-order valence-electron chi connectivity index (χ1n) is 5.51. The summed E-state index contributed by atoms with van der Waals surface area (Å²) in [5.41, 5.74) is 1.20. The molecule has 0 radical (unpaired) electrons. The van der Waals surface area contributed by atoms with Crippen molar-refractivity contribution in [3.8, 4) is 0 Å². The van der Waals surface area contributed by atoms with Crippen LogP contribution in [0, 0.1) is 0 Å². The second-order valence-electron chi connectivity index (χ2n) is 3.98. The SMILES string of the molecule is O=C(O)C(Cc1cnc(Cl)cn1)c1cccc(Cl)c1. The molecule has 6 heteroatoms. The van der Waals surface area contributed by atoms with Gasteiger partial charge in [-0.2, -0.15) is 0 Å². The van der Waals surface area contributed by atoms with Crippen molar-refractivity contribution >= 4 is 29.2 Å². The second kappa shape index (κ2) is 5.99. The van der Waals surface area contributed by atoms with Crippen LogP contribution in [0.4, 0.5) is 0 Å². The molecule has 1 N–H and O–H groups in total. The van der Waals surface area contributed by atoms with Crippen LogP contribution in [-0.4, -0.2) is 21.0 Å². The summed E-state index contributed by atoms with van der Waals surface area (Å²) >= 11 is 11.5. The minimum absolute atomic E-state index is 0.236. The van der Waals surface area contributed by atoms with E-state index in [0.29, 0.717) is 16.3 Å². The van der Waals surface area contributed by atoms with E-state index in [1.54, 1.807) is 24.3 Å². The van der Waals surface area contributed by atoms with Crippen LogP contribution in [0.25, 0.3) is 0 Å². The lowest BCUT2D eigenvalue weighted by Gasteiger charge is -2.12. The third-order valence-corrected chi connectivity index (χ3v) is 3.07. The van der Waals surface area contributed by atoms with Crippen LogP contribution in [0.5, 0.6) is 0 Å². The molecule has 0 saturated heterocycles. The molecule has 0 aliphatic rings. The highest BCUT2D eigenvalue weighted by atomic mass is 35.5. The maximum atomic E-state index is 11.4. The zero-order valence-corrected chi connectivity index (χ0v) is 11.3. The third kappa shape index (κ3) is 3.66. The standard InChI is InChI=1S/C13H10Cl2N2O2/c14-9-3-1-2-8(4-9)11(13(18)19)5-10-6-17-12(15)7-16-10/h1-4,6-7,11H,5H2,(H,18,19). The predicted octanol–water partition coefficient (Wildman–Crippen LogP) is 3.19. The monoisotopic (exact) mass is 296 g/mol. The van der Waals surface area contributed by atoms with Crippen LogP contribution in [0.3, 0.4) is 0 Å². The van der Waals surface area contributed by atoms with E-state index < -0.39 is 11.9 Å². The van der Waals surface area contributed by atoms with E-state index in [2.05, 4.69) is 9.97 Å². The lowest BCUT2D eigenvalue weighted by Crippen LogP contribution is -2.15. The first-order valence-corrected chi connectivity index (χ1v) is 6.26. The number of carboxylic acids is 1. The van der Waals surface area contributed by atoms with Crippen LogP contribution in [0.1, 0.15) is 17.2 Å². The molecule has 4 nitrogen and oxygen atoms in total. The third-order valence-electron chi connectivity index (χ3n) is 2.64. The molecule has 19 heavy (non-hydrogen) atoms. The van der Waals surface area contributed by atoms with Gasteiger partial charge >= 0.3 is 5.97 Å². The zero-order chi connectivity index (χ0) is 13.8. The molecule has 0 saturated carbocycles. The fourth-order valence-electron chi connectivity index (χ4n) is 1.72. The quantitative estimate of drug-likeness (QED) is 0.941. The van der Waals surface area contributed by atoms with Crippen LogP contribution in [-0.2, 0) is 11.2 Å². The summed E-state index contributed by atoms with van der Waals surface area (Å²) in [6.45, 7) is 0. The Bertz CT molecular complexity index is 587.